The van der Waals surface area contributed by atoms with Crippen molar-refractivity contribution in [3.63, 3.8) is 0 Å². The fraction of sp³-hybridized carbons (Fsp3) is 0.370. The first-order chi connectivity index (χ1) is 17.5. The van der Waals surface area contributed by atoms with Crippen LogP contribution in [0.15, 0.2) is 41.2 Å². The largest absolute Gasteiger partial charge is 0.508 e. The minimum absolute atomic E-state index is 0.0209. The van der Waals surface area contributed by atoms with Gasteiger partial charge in [-0.2, -0.15) is 0 Å². The normalized spacial score (nSPS) is 29.2. The number of rotatable bonds is 4. The van der Waals surface area contributed by atoms with Gasteiger partial charge in [-0.25, -0.2) is 0 Å². The van der Waals surface area contributed by atoms with Crippen molar-refractivity contribution in [1.29, 1.82) is 0 Å². The van der Waals surface area contributed by atoms with E-state index in [0.717, 1.165) is 17.6 Å². The molecule has 2 saturated carbocycles. The first-order valence-corrected chi connectivity index (χ1v) is 12.3. The van der Waals surface area contributed by atoms with Gasteiger partial charge in [-0.15, -0.1) is 0 Å². The Hall–Kier alpha value is -3.89. The number of carbonyl (C=O) groups excluding carboxylic acids is 3. The average Bonchev–Trinajstić information content (AvgIpc) is 3.68. The highest BCUT2D eigenvalue weighted by atomic mass is 16.3. The fourth-order valence-corrected chi connectivity index (χ4v) is 6.18. The van der Waals surface area contributed by atoms with Crippen molar-refractivity contribution in [2.24, 2.45) is 29.2 Å². The summed E-state index contributed by atoms with van der Waals surface area (Å²) in [6, 6.07) is 5.95. The number of anilines is 1. The number of nitrogens with two attached hydrogens (primary N) is 2. The lowest BCUT2D eigenvalue weighted by Crippen LogP contribution is -2.65. The van der Waals surface area contributed by atoms with Crippen LogP contribution < -0.4 is 16.8 Å². The van der Waals surface area contributed by atoms with E-state index < -0.39 is 58.0 Å². The molecule has 1 amide bonds. The van der Waals surface area contributed by atoms with Gasteiger partial charge in [0.05, 0.1) is 11.6 Å². The van der Waals surface area contributed by atoms with Gasteiger partial charge in [0.1, 0.15) is 22.8 Å². The van der Waals surface area contributed by atoms with Crippen LogP contribution in [0.1, 0.15) is 30.4 Å². The lowest BCUT2D eigenvalue weighted by molar-refractivity contribution is -0.149. The number of phenolic OH excluding ortho intramolecular Hbond substituents is 1. The maximum Gasteiger partial charge on any atom is 0.255 e. The summed E-state index contributed by atoms with van der Waals surface area (Å²) in [4.78, 5) is 38.2. The summed E-state index contributed by atoms with van der Waals surface area (Å²) in [7, 11) is 0. The van der Waals surface area contributed by atoms with Crippen LogP contribution in [0.25, 0.3) is 16.5 Å². The molecule has 0 aromatic heterocycles. The first-order valence-electron chi connectivity index (χ1n) is 12.3. The molecular formula is C27H27N3O7. The summed E-state index contributed by atoms with van der Waals surface area (Å²) < 4.78 is 0. The zero-order chi connectivity index (χ0) is 26.4. The van der Waals surface area contributed by atoms with Gasteiger partial charge in [-0.05, 0) is 60.6 Å². The number of hydrogen-bond acceptors (Lipinski definition) is 9. The highest BCUT2D eigenvalue weighted by molar-refractivity contribution is 6.24. The maximum atomic E-state index is 13.7. The molecule has 0 bridgehead atoms. The third kappa shape index (κ3) is 3.22. The number of benzene rings is 2. The van der Waals surface area contributed by atoms with E-state index in [1.165, 1.54) is 12.8 Å². The molecule has 0 aliphatic heterocycles. The van der Waals surface area contributed by atoms with Crippen molar-refractivity contribution in [1.82, 2.24) is 0 Å². The summed E-state index contributed by atoms with van der Waals surface area (Å²) in [5.74, 6) is -6.43. The number of primary amides is 1. The standard InChI is InChI=1S/C27H27N3O7/c28-20-16-7-13-6-12-5-11-3-4-14(30-9-10-1-2-10)8-15(11)21(31)17(12)22(32)18(13)24(34)27(16,37)25(35)19(23(20)33)26(29)36/h3-5,8,10,13,16,20,30-32,35,37H,1-2,6-7,9,28H2,(H2,29,36)/t13-,16-,20-,27-/m0/s1. The minimum atomic E-state index is -2.71. The zero-order valence-electron chi connectivity index (χ0n) is 19.8. The Labute approximate surface area is 211 Å². The second-order valence-corrected chi connectivity index (χ2v) is 10.6. The van der Waals surface area contributed by atoms with E-state index in [9.17, 15) is 34.8 Å². The number of nitrogens with one attached hydrogen (secondary N) is 1. The monoisotopic (exact) mass is 505 g/mol. The van der Waals surface area contributed by atoms with Crippen molar-refractivity contribution in [3.8, 4) is 5.75 Å². The summed E-state index contributed by atoms with van der Waals surface area (Å²) in [6.45, 7) is 0.831. The zero-order valence-corrected chi connectivity index (χ0v) is 19.8. The van der Waals surface area contributed by atoms with Gasteiger partial charge >= 0.3 is 0 Å². The molecule has 10 heteroatoms. The van der Waals surface area contributed by atoms with Gasteiger partial charge in [0.15, 0.2) is 11.4 Å². The summed E-state index contributed by atoms with van der Waals surface area (Å²) in [6.07, 6.45) is 2.58. The van der Waals surface area contributed by atoms with E-state index in [0.29, 0.717) is 16.9 Å². The molecule has 0 unspecified atom stereocenters. The summed E-state index contributed by atoms with van der Waals surface area (Å²) in [5.41, 5.74) is 8.94. The van der Waals surface area contributed by atoms with E-state index in [1.807, 2.05) is 18.2 Å². The Morgan fingerprint density at radius 3 is 2.54 bits per heavy atom. The second kappa shape index (κ2) is 7.80. The lowest BCUT2D eigenvalue weighted by atomic mass is 9.58. The Balaban J connectivity index is 1.48. The topological polar surface area (TPSA) is 196 Å². The average molecular weight is 506 g/mol. The van der Waals surface area contributed by atoms with Crippen molar-refractivity contribution >= 4 is 39.7 Å². The number of ketones is 2. The Morgan fingerprint density at radius 1 is 1.14 bits per heavy atom. The van der Waals surface area contributed by atoms with E-state index in [1.54, 1.807) is 6.07 Å². The number of aliphatic hydroxyl groups is 3. The van der Waals surface area contributed by atoms with E-state index in [-0.39, 0.29) is 29.7 Å². The van der Waals surface area contributed by atoms with Gasteiger partial charge in [0, 0.05) is 29.1 Å². The van der Waals surface area contributed by atoms with Crippen molar-refractivity contribution in [2.75, 3.05) is 11.9 Å². The first kappa shape index (κ1) is 23.5. The molecule has 37 heavy (non-hydrogen) atoms. The third-order valence-electron chi connectivity index (χ3n) is 8.35. The molecule has 0 heterocycles. The Morgan fingerprint density at radius 2 is 1.86 bits per heavy atom. The van der Waals surface area contributed by atoms with Crippen LogP contribution in [0.4, 0.5) is 5.69 Å². The van der Waals surface area contributed by atoms with E-state index >= 15 is 0 Å². The van der Waals surface area contributed by atoms with Crippen molar-refractivity contribution in [2.45, 2.75) is 37.3 Å². The van der Waals surface area contributed by atoms with Crippen molar-refractivity contribution < 1.29 is 34.8 Å². The molecule has 10 nitrogen and oxygen atoms in total. The molecule has 2 aromatic rings. The number of aromatic hydroxyl groups is 1. The lowest BCUT2D eigenvalue weighted by Gasteiger charge is -2.48. The molecule has 4 aliphatic carbocycles. The predicted octanol–water partition coefficient (Wildman–Crippen LogP) is 1.34. The van der Waals surface area contributed by atoms with Crippen LogP contribution >= 0.6 is 0 Å². The van der Waals surface area contributed by atoms with E-state index in [2.05, 4.69) is 5.32 Å². The summed E-state index contributed by atoms with van der Waals surface area (Å²) in [5, 5.41) is 49.2. The molecule has 0 spiro atoms. The van der Waals surface area contributed by atoms with Gasteiger partial charge < -0.3 is 37.2 Å². The van der Waals surface area contributed by atoms with Gasteiger partial charge in [0.25, 0.3) is 5.91 Å². The molecule has 2 aromatic carbocycles. The molecule has 6 rings (SSSR count). The number of fused-ring (bicyclic) bond motifs is 4. The molecular weight excluding hydrogens is 478 g/mol. The Kier molecular flexibility index (Phi) is 4.96. The van der Waals surface area contributed by atoms with Crippen LogP contribution in [0.5, 0.6) is 5.75 Å². The van der Waals surface area contributed by atoms with Crippen LogP contribution in [0.2, 0.25) is 0 Å². The molecule has 0 saturated heterocycles. The van der Waals surface area contributed by atoms with Crippen LogP contribution in [-0.4, -0.2) is 56.1 Å². The number of Topliss-reactive ketones (excluding diaryl/α,β-unsaturated/α-hetero) is 2. The Bertz CT molecular complexity index is 1490. The molecule has 2 fully saturated rings. The van der Waals surface area contributed by atoms with Gasteiger partial charge in [0.2, 0.25) is 5.78 Å². The number of hydrogen-bond donors (Lipinski definition) is 7. The molecule has 0 radical (unpaired) electrons. The molecule has 4 atom stereocenters. The smallest absolute Gasteiger partial charge is 0.255 e. The molecule has 4 aliphatic rings. The van der Waals surface area contributed by atoms with Crippen LogP contribution in [-0.2, 0) is 20.8 Å². The quantitative estimate of drug-likeness (QED) is 0.300. The molecule has 192 valence electrons. The minimum Gasteiger partial charge on any atom is -0.508 e. The molecule has 9 N–H and O–H groups in total. The summed E-state index contributed by atoms with van der Waals surface area (Å²) >= 11 is 0. The third-order valence-corrected chi connectivity index (χ3v) is 8.35. The van der Waals surface area contributed by atoms with E-state index in [4.69, 9.17) is 11.5 Å². The number of carbonyl (C=O) groups is 3. The van der Waals surface area contributed by atoms with Crippen LogP contribution in [0, 0.1) is 17.8 Å². The highest BCUT2D eigenvalue weighted by Gasteiger charge is 2.63. The number of phenols is 1. The second-order valence-electron chi connectivity index (χ2n) is 10.6. The van der Waals surface area contributed by atoms with Crippen molar-refractivity contribution in [3.05, 3.63) is 52.3 Å². The SMILES string of the molecule is NC(=O)C1=C(O)[C@@]2(O)C(=O)C3=C(O)c4c(cc5ccc(NCC6CC6)cc5c4O)C[C@H]3C[C@H]2[C@H](N)C1=O. The maximum absolute atomic E-state index is 13.7. The van der Waals surface area contributed by atoms with Gasteiger partial charge in [-0.1, -0.05) is 12.1 Å². The van der Waals surface area contributed by atoms with Gasteiger partial charge in [-0.3, -0.25) is 14.4 Å². The number of aliphatic hydroxyl groups excluding tert-OH is 2. The van der Waals surface area contributed by atoms with Crippen LogP contribution in [0.3, 0.4) is 0 Å². The predicted molar refractivity (Wildman–Crippen MR) is 133 cm³/mol. The number of amides is 1. The highest BCUT2D eigenvalue weighted by Crippen LogP contribution is 2.52. The fourth-order valence-electron chi connectivity index (χ4n) is 6.18.